The number of allylic oxidation sites excluding steroid dienone is 2. The van der Waals surface area contributed by atoms with Gasteiger partial charge in [0.1, 0.15) is 5.75 Å². The summed E-state index contributed by atoms with van der Waals surface area (Å²) < 4.78 is 0. The number of aromatic hydroxyl groups is 1. The van der Waals surface area contributed by atoms with Crippen LogP contribution < -0.4 is 0 Å². The third-order valence-corrected chi connectivity index (χ3v) is 9.25. The minimum absolute atomic E-state index is 0.0701. The summed E-state index contributed by atoms with van der Waals surface area (Å²) in [6.45, 7) is 11.2. The van der Waals surface area contributed by atoms with Crippen LogP contribution in [0.15, 0.2) is 48.0 Å². The maximum Gasteiger partial charge on any atom is 0.234 e. The van der Waals surface area contributed by atoms with Crippen molar-refractivity contribution in [2.75, 3.05) is 0 Å². The predicted molar refractivity (Wildman–Crippen MR) is 146 cm³/mol. The lowest BCUT2D eigenvalue weighted by Gasteiger charge is -2.44. The summed E-state index contributed by atoms with van der Waals surface area (Å²) in [5.41, 5.74) is 0.163. The molecule has 3 fully saturated rings. The highest BCUT2D eigenvalue weighted by molar-refractivity contribution is 6.09. The number of hydrogen-bond donors (Lipinski definition) is 1. The Morgan fingerprint density at radius 3 is 1.95 bits per heavy atom. The summed E-state index contributed by atoms with van der Waals surface area (Å²) in [5, 5.41) is 13.1. The molecular formula is C32H36N2O5. The van der Waals surface area contributed by atoms with E-state index in [0.29, 0.717) is 18.4 Å². The molecule has 1 saturated carbocycles. The Morgan fingerprint density at radius 1 is 0.718 bits per heavy atom. The third-order valence-electron chi connectivity index (χ3n) is 9.25. The lowest BCUT2D eigenvalue weighted by Crippen LogP contribution is -2.47. The van der Waals surface area contributed by atoms with Crippen molar-refractivity contribution in [3.05, 3.63) is 53.6 Å². The van der Waals surface area contributed by atoms with E-state index in [4.69, 9.17) is 0 Å². The number of phenolic OH excluding ortho intramolecular Hbond substituents is 1. The van der Waals surface area contributed by atoms with Gasteiger partial charge in [-0.15, -0.1) is 0 Å². The number of imide groups is 2. The van der Waals surface area contributed by atoms with Crippen molar-refractivity contribution in [3.8, 4) is 5.75 Å². The average Bonchev–Trinajstić information content (AvgIpc) is 3.26. The van der Waals surface area contributed by atoms with E-state index in [-0.39, 0.29) is 35.3 Å². The zero-order valence-corrected chi connectivity index (χ0v) is 23.4. The van der Waals surface area contributed by atoms with Crippen molar-refractivity contribution < 1.29 is 24.3 Å². The molecule has 6 atom stereocenters. The molecule has 2 aromatic rings. The second-order valence-corrected chi connectivity index (χ2v) is 13.6. The summed E-state index contributed by atoms with van der Waals surface area (Å²) in [6.07, 6.45) is 2.77. The molecule has 0 spiro atoms. The Labute approximate surface area is 228 Å². The number of carbonyl (C=O) groups is 4. The number of amides is 4. The standard InChI is InChI=1S/C32H36N2O5/c1-31(2,3)33-27(36)19-13-12-18-20(23(19)29(33)38)15-21-26(30(39)34(28(21)37)32(4,5)6)25(18)24-17-10-8-7-9-16(17)11-14-22(24)35/h7-12,14,19-21,23,25-26,35H,13,15H2,1-6H3/t19-,20+,21+,23-,25+,26+/m0/s1. The van der Waals surface area contributed by atoms with Gasteiger partial charge in [-0.05, 0) is 77.1 Å². The Morgan fingerprint density at radius 2 is 1.31 bits per heavy atom. The molecule has 7 heteroatoms. The van der Waals surface area contributed by atoms with Crippen molar-refractivity contribution in [3.63, 3.8) is 0 Å². The summed E-state index contributed by atoms with van der Waals surface area (Å²) in [7, 11) is 0. The van der Waals surface area contributed by atoms with Crippen LogP contribution in [0.1, 0.15) is 65.9 Å². The Hall–Kier alpha value is -3.48. The lowest BCUT2D eigenvalue weighted by molar-refractivity contribution is -0.147. The van der Waals surface area contributed by atoms with Crippen LogP contribution in [0.25, 0.3) is 10.8 Å². The first-order valence-electron chi connectivity index (χ1n) is 13.9. The van der Waals surface area contributed by atoms with Gasteiger partial charge in [-0.1, -0.05) is 42.0 Å². The molecule has 0 unspecified atom stereocenters. The number of fused-ring (bicyclic) bond motifs is 5. The number of hydrogen-bond acceptors (Lipinski definition) is 5. The van der Waals surface area contributed by atoms with Crippen LogP contribution in [-0.4, -0.2) is 49.6 Å². The molecule has 2 heterocycles. The van der Waals surface area contributed by atoms with Crippen LogP contribution in [0.2, 0.25) is 0 Å². The highest BCUT2D eigenvalue weighted by Crippen LogP contribution is 2.60. The van der Waals surface area contributed by atoms with Crippen molar-refractivity contribution in [1.29, 1.82) is 0 Å². The number of benzene rings is 2. The second-order valence-electron chi connectivity index (χ2n) is 13.6. The molecule has 4 amide bonds. The summed E-state index contributed by atoms with van der Waals surface area (Å²) in [4.78, 5) is 58.2. The van der Waals surface area contributed by atoms with Gasteiger partial charge in [-0.2, -0.15) is 0 Å². The van der Waals surface area contributed by atoms with Crippen molar-refractivity contribution in [1.82, 2.24) is 9.80 Å². The zero-order valence-electron chi connectivity index (χ0n) is 23.4. The molecule has 204 valence electrons. The third kappa shape index (κ3) is 3.54. The molecule has 2 aliphatic heterocycles. The Bertz CT molecular complexity index is 1480. The molecule has 0 radical (unpaired) electrons. The predicted octanol–water partition coefficient (Wildman–Crippen LogP) is 4.78. The first-order valence-corrected chi connectivity index (χ1v) is 13.9. The van der Waals surface area contributed by atoms with Crippen LogP contribution in [0.5, 0.6) is 5.75 Å². The van der Waals surface area contributed by atoms with E-state index in [1.165, 1.54) is 9.80 Å². The number of carbonyl (C=O) groups excluding carboxylic acids is 4. The number of phenols is 1. The minimum Gasteiger partial charge on any atom is -0.508 e. The zero-order chi connectivity index (χ0) is 28.2. The molecule has 4 aliphatic rings. The molecule has 2 aliphatic carbocycles. The van der Waals surface area contributed by atoms with E-state index in [9.17, 15) is 24.3 Å². The summed E-state index contributed by atoms with van der Waals surface area (Å²) >= 11 is 0. The van der Waals surface area contributed by atoms with Gasteiger partial charge in [-0.25, -0.2) is 0 Å². The van der Waals surface area contributed by atoms with E-state index in [2.05, 4.69) is 0 Å². The Balaban J connectivity index is 1.57. The van der Waals surface area contributed by atoms with E-state index < -0.39 is 40.7 Å². The van der Waals surface area contributed by atoms with Gasteiger partial charge in [0.15, 0.2) is 0 Å². The fourth-order valence-corrected chi connectivity index (χ4v) is 7.84. The van der Waals surface area contributed by atoms with E-state index in [0.717, 1.165) is 16.3 Å². The first-order chi connectivity index (χ1) is 18.2. The molecule has 1 N–H and O–H groups in total. The van der Waals surface area contributed by atoms with Gasteiger partial charge >= 0.3 is 0 Å². The SMILES string of the molecule is CC(C)(C)N1C(=O)[C@H]2[C@H](CC=C3[C@H]2C[C@H]2C(=O)N(C(C)(C)C)C(=O)[C@H]2[C@H]3c2c(O)ccc3ccccc23)C1=O. The van der Waals surface area contributed by atoms with Crippen molar-refractivity contribution in [2.24, 2.45) is 29.6 Å². The number of likely N-dealkylation sites (tertiary alicyclic amines) is 2. The van der Waals surface area contributed by atoms with Crippen molar-refractivity contribution >= 4 is 34.4 Å². The van der Waals surface area contributed by atoms with Gasteiger partial charge in [0.2, 0.25) is 23.6 Å². The van der Waals surface area contributed by atoms with Crippen LogP contribution in [0.3, 0.4) is 0 Å². The van der Waals surface area contributed by atoms with Crippen LogP contribution >= 0.6 is 0 Å². The van der Waals surface area contributed by atoms with Gasteiger partial charge in [0.05, 0.1) is 23.7 Å². The molecular weight excluding hydrogens is 492 g/mol. The molecule has 6 rings (SSSR count). The average molecular weight is 529 g/mol. The fourth-order valence-electron chi connectivity index (χ4n) is 7.84. The minimum atomic E-state index is -0.707. The maximum absolute atomic E-state index is 14.1. The lowest BCUT2D eigenvalue weighted by atomic mass is 9.56. The van der Waals surface area contributed by atoms with E-state index in [1.54, 1.807) is 6.07 Å². The molecule has 2 saturated heterocycles. The van der Waals surface area contributed by atoms with E-state index >= 15 is 0 Å². The topological polar surface area (TPSA) is 95.0 Å². The van der Waals surface area contributed by atoms with Crippen molar-refractivity contribution in [2.45, 2.75) is 71.4 Å². The molecule has 0 aromatic heterocycles. The maximum atomic E-state index is 14.1. The smallest absolute Gasteiger partial charge is 0.234 e. The molecule has 2 aromatic carbocycles. The van der Waals surface area contributed by atoms with Crippen LogP contribution in [0.4, 0.5) is 0 Å². The summed E-state index contributed by atoms with van der Waals surface area (Å²) in [5.74, 6) is -4.06. The highest BCUT2D eigenvalue weighted by Gasteiger charge is 2.64. The van der Waals surface area contributed by atoms with Crippen LogP contribution in [-0.2, 0) is 19.2 Å². The van der Waals surface area contributed by atoms with Crippen LogP contribution in [0, 0.1) is 29.6 Å². The highest BCUT2D eigenvalue weighted by atomic mass is 16.3. The van der Waals surface area contributed by atoms with Gasteiger partial charge in [0.25, 0.3) is 0 Å². The molecule has 0 bridgehead atoms. The van der Waals surface area contributed by atoms with Gasteiger partial charge in [-0.3, -0.25) is 29.0 Å². The number of nitrogens with zero attached hydrogens (tertiary/aromatic N) is 2. The van der Waals surface area contributed by atoms with Gasteiger partial charge in [0, 0.05) is 22.6 Å². The quantitative estimate of drug-likeness (QED) is 0.425. The molecule has 39 heavy (non-hydrogen) atoms. The van der Waals surface area contributed by atoms with Gasteiger partial charge < -0.3 is 5.11 Å². The number of rotatable bonds is 1. The second kappa shape index (κ2) is 8.26. The normalized spacial score (nSPS) is 31.0. The largest absolute Gasteiger partial charge is 0.508 e. The first kappa shape index (κ1) is 25.8. The summed E-state index contributed by atoms with van der Waals surface area (Å²) in [6, 6.07) is 11.2. The fraction of sp³-hybridized carbons (Fsp3) is 0.500. The molecule has 7 nitrogen and oxygen atoms in total. The Kier molecular flexibility index (Phi) is 5.46. The monoisotopic (exact) mass is 528 g/mol. The van der Waals surface area contributed by atoms with E-state index in [1.807, 2.05) is 78.0 Å².